The maximum atomic E-state index is 10.6. The van der Waals surface area contributed by atoms with Crippen LogP contribution in [0.2, 0.25) is 0 Å². The highest BCUT2D eigenvalue weighted by Gasteiger charge is 2.23. The van der Waals surface area contributed by atoms with Crippen molar-refractivity contribution in [2.45, 2.75) is 0 Å². The first-order valence-electron chi connectivity index (χ1n) is 5.58. The largest absolute Gasteiger partial charge is 0.433 e. The van der Waals surface area contributed by atoms with E-state index in [1.807, 2.05) is 0 Å². The van der Waals surface area contributed by atoms with Gasteiger partial charge in [0.2, 0.25) is 5.76 Å². The summed E-state index contributed by atoms with van der Waals surface area (Å²) in [5.74, 6) is 0.121. The van der Waals surface area contributed by atoms with E-state index in [0.717, 1.165) is 0 Å². The third-order valence-electron chi connectivity index (χ3n) is 2.64. The summed E-state index contributed by atoms with van der Waals surface area (Å²) in [5.41, 5.74) is 6.74. The van der Waals surface area contributed by atoms with Gasteiger partial charge in [-0.1, -0.05) is 11.2 Å². The second-order valence-electron chi connectivity index (χ2n) is 3.88. The summed E-state index contributed by atoms with van der Waals surface area (Å²) in [7, 11) is 0. The minimum Gasteiger partial charge on any atom is -0.397 e. The molecule has 0 aliphatic carbocycles. The van der Waals surface area contributed by atoms with E-state index in [2.05, 4.69) is 10.1 Å². The number of nitro groups is 1. The van der Waals surface area contributed by atoms with E-state index in [-0.39, 0.29) is 23.2 Å². The Kier molecular flexibility index (Phi) is 2.68. The number of nitrogen functional groups attached to an aromatic ring is 1. The number of nitrogens with zero attached hydrogens (tertiary/aromatic N) is 3. The Morgan fingerprint density at radius 2 is 2.10 bits per heavy atom. The Hall–Kier alpha value is -3.16. The summed E-state index contributed by atoms with van der Waals surface area (Å²) in [6.45, 7) is 0. The summed E-state index contributed by atoms with van der Waals surface area (Å²) < 4.78 is 10.2. The second kappa shape index (κ2) is 4.50. The van der Waals surface area contributed by atoms with Gasteiger partial charge in [0.15, 0.2) is 11.6 Å². The van der Waals surface area contributed by atoms with Gasteiger partial charge in [0, 0.05) is 6.20 Å². The highest BCUT2D eigenvalue weighted by atomic mass is 16.6. The summed E-state index contributed by atoms with van der Waals surface area (Å²) in [5, 5.41) is 14.3. The van der Waals surface area contributed by atoms with Gasteiger partial charge in [-0.05, 0) is 18.2 Å². The van der Waals surface area contributed by atoms with Crippen molar-refractivity contribution in [1.82, 2.24) is 10.1 Å². The van der Waals surface area contributed by atoms with Crippen LogP contribution in [0.25, 0.3) is 22.8 Å². The molecule has 0 aromatic carbocycles. The molecule has 3 aromatic rings. The lowest BCUT2D eigenvalue weighted by atomic mass is 10.1. The molecule has 0 atom stereocenters. The number of hydrogen-bond acceptors (Lipinski definition) is 7. The van der Waals surface area contributed by atoms with Crippen LogP contribution in [0.1, 0.15) is 0 Å². The minimum absolute atomic E-state index is 0.137. The topological polar surface area (TPSA) is 121 Å². The molecule has 3 rings (SSSR count). The average Bonchev–Trinajstić information content (AvgIpc) is 3.06. The number of nitrogens with two attached hydrogens (primary N) is 1. The van der Waals surface area contributed by atoms with Crippen molar-refractivity contribution in [3.05, 3.63) is 46.6 Å². The van der Waals surface area contributed by atoms with Crippen LogP contribution in [-0.4, -0.2) is 15.1 Å². The summed E-state index contributed by atoms with van der Waals surface area (Å²) in [6.07, 6.45) is 1.59. The number of aromatic nitrogens is 2. The Morgan fingerprint density at radius 1 is 1.25 bits per heavy atom. The Labute approximate surface area is 112 Å². The van der Waals surface area contributed by atoms with E-state index in [0.29, 0.717) is 11.3 Å². The van der Waals surface area contributed by atoms with Gasteiger partial charge in [0.1, 0.15) is 4.92 Å². The molecule has 0 aliphatic heterocycles. The van der Waals surface area contributed by atoms with Gasteiger partial charge in [-0.2, -0.15) is 0 Å². The molecule has 0 spiro atoms. The van der Waals surface area contributed by atoms with Crippen LogP contribution in [0.4, 0.5) is 11.7 Å². The minimum atomic E-state index is -0.635. The number of pyridine rings is 1. The van der Waals surface area contributed by atoms with Crippen molar-refractivity contribution in [2.75, 3.05) is 5.73 Å². The lowest BCUT2D eigenvalue weighted by molar-refractivity contribution is -0.401. The van der Waals surface area contributed by atoms with Crippen LogP contribution >= 0.6 is 0 Å². The SMILES string of the molecule is Nc1noc(-c2ccc([N+](=O)[O-])o2)c1-c1ccccn1. The van der Waals surface area contributed by atoms with Gasteiger partial charge in [0.05, 0.1) is 17.3 Å². The summed E-state index contributed by atoms with van der Waals surface area (Å²) >= 11 is 0. The quantitative estimate of drug-likeness (QED) is 0.574. The standard InChI is InChI=1S/C12H8N4O4/c13-12-10(7-3-1-2-6-14-7)11(20-15-12)8-4-5-9(19-8)16(17)18/h1-6H,(H2,13,15). The molecule has 2 N–H and O–H groups in total. The van der Waals surface area contributed by atoms with Crippen LogP contribution in [0.5, 0.6) is 0 Å². The van der Waals surface area contributed by atoms with Crippen LogP contribution in [-0.2, 0) is 0 Å². The highest BCUT2D eigenvalue weighted by Crippen LogP contribution is 2.37. The summed E-state index contributed by atoms with van der Waals surface area (Å²) in [6, 6.07) is 7.91. The maximum absolute atomic E-state index is 10.6. The van der Waals surface area contributed by atoms with Crippen LogP contribution in [0.3, 0.4) is 0 Å². The molecule has 8 nitrogen and oxygen atoms in total. The van der Waals surface area contributed by atoms with Crippen LogP contribution in [0, 0.1) is 10.1 Å². The maximum Gasteiger partial charge on any atom is 0.433 e. The van der Waals surface area contributed by atoms with Crippen molar-refractivity contribution in [3.63, 3.8) is 0 Å². The zero-order chi connectivity index (χ0) is 14.1. The highest BCUT2D eigenvalue weighted by molar-refractivity contribution is 5.83. The van der Waals surface area contributed by atoms with Crippen molar-refractivity contribution < 1.29 is 13.9 Å². The zero-order valence-corrected chi connectivity index (χ0v) is 10.0. The third-order valence-corrected chi connectivity index (χ3v) is 2.64. The predicted molar refractivity (Wildman–Crippen MR) is 68.5 cm³/mol. The average molecular weight is 272 g/mol. The first-order valence-corrected chi connectivity index (χ1v) is 5.58. The third kappa shape index (κ3) is 1.88. The van der Waals surface area contributed by atoms with E-state index >= 15 is 0 Å². The number of anilines is 1. The molecule has 100 valence electrons. The molecular formula is C12H8N4O4. The second-order valence-corrected chi connectivity index (χ2v) is 3.88. The van der Waals surface area contributed by atoms with Crippen molar-refractivity contribution in [1.29, 1.82) is 0 Å². The van der Waals surface area contributed by atoms with E-state index in [1.165, 1.54) is 12.1 Å². The van der Waals surface area contributed by atoms with Gasteiger partial charge in [-0.3, -0.25) is 15.1 Å². The van der Waals surface area contributed by atoms with Crippen LogP contribution in [0.15, 0.2) is 45.5 Å². The normalized spacial score (nSPS) is 10.6. The molecule has 3 aromatic heterocycles. The smallest absolute Gasteiger partial charge is 0.397 e. The molecular weight excluding hydrogens is 264 g/mol. The van der Waals surface area contributed by atoms with Crippen molar-refractivity contribution in [2.24, 2.45) is 0 Å². The van der Waals surface area contributed by atoms with Gasteiger partial charge < -0.3 is 14.7 Å². The van der Waals surface area contributed by atoms with Crippen molar-refractivity contribution >= 4 is 11.7 Å². The molecule has 0 radical (unpaired) electrons. The molecule has 0 bridgehead atoms. The van der Waals surface area contributed by atoms with E-state index in [1.54, 1.807) is 24.4 Å². The first kappa shape index (κ1) is 11.9. The number of hydrogen-bond donors (Lipinski definition) is 1. The fourth-order valence-corrected chi connectivity index (χ4v) is 1.78. The Balaban J connectivity index is 2.13. The molecule has 0 saturated carbocycles. The fraction of sp³-hybridized carbons (Fsp3) is 0. The lowest BCUT2D eigenvalue weighted by Gasteiger charge is -1.98. The van der Waals surface area contributed by atoms with E-state index in [9.17, 15) is 10.1 Å². The zero-order valence-electron chi connectivity index (χ0n) is 10.0. The molecule has 0 aliphatic rings. The van der Waals surface area contributed by atoms with Gasteiger partial charge in [-0.15, -0.1) is 0 Å². The first-order chi connectivity index (χ1) is 9.66. The molecule has 0 amide bonds. The molecule has 0 fully saturated rings. The monoisotopic (exact) mass is 272 g/mol. The van der Waals surface area contributed by atoms with Crippen LogP contribution < -0.4 is 5.73 Å². The molecule has 3 heterocycles. The lowest BCUT2D eigenvalue weighted by Crippen LogP contribution is -1.90. The van der Waals surface area contributed by atoms with Gasteiger partial charge >= 0.3 is 5.88 Å². The van der Waals surface area contributed by atoms with E-state index < -0.39 is 4.92 Å². The van der Waals surface area contributed by atoms with Gasteiger partial charge in [-0.25, -0.2) is 0 Å². The molecule has 0 saturated heterocycles. The fourth-order valence-electron chi connectivity index (χ4n) is 1.78. The molecule has 20 heavy (non-hydrogen) atoms. The number of rotatable bonds is 3. The summed E-state index contributed by atoms with van der Waals surface area (Å²) in [4.78, 5) is 14.2. The molecule has 8 heteroatoms. The Bertz CT molecular complexity index is 763. The van der Waals surface area contributed by atoms with Gasteiger partial charge in [0.25, 0.3) is 0 Å². The predicted octanol–water partition coefficient (Wildman–Crippen LogP) is 2.49. The number of furan rings is 1. The Morgan fingerprint density at radius 3 is 2.75 bits per heavy atom. The van der Waals surface area contributed by atoms with Crippen molar-refractivity contribution in [3.8, 4) is 22.8 Å². The molecule has 0 unspecified atom stereocenters. The van der Waals surface area contributed by atoms with E-state index in [4.69, 9.17) is 14.7 Å².